The Kier molecular flexibility index (Phi) is 4.10. The number of hydrogen-bond donors (Lipinski definition) is 2. The van der Waals surface area contributed by atoms with Crippen LogP contribution in [0, 0.1) is 40.4 Å². The van der Waals surface area contributed by atoms with Crippen LogP contribution in [0.15, 0.2) is 11.6 Å². The number of carboxylic acid groups (broad SMARTS) is 1. The van der Waals surface area contributed by atoms with E-state index in [1.807, 2.05) is 6.92 Å². The van der Waals surface area contributed by atoms with E-state index in [4.69, 9.17) is 0 Å². The van der Waals surface area contributed by atoms with Crippen molar-refractivity contribution >= 4 is 5.97 Å². The van der Waals surface area contributed by atoms with Crippen LogP contribution in [-0.2, 0) is 4.79 Å². The van der Waals surface area contributed by atoms with E-state index in [2.05, 4.69) is 19.9 Å². The maximum Gasteiger partial charge on any atom is 0.306 e. The lowest BCUT2D eigenvalue weighted by molar-refractivity contribution is -0.146. The van der Waals surface area contributed by atoms with Crippen molar-refractivity contribution in [1.82, 2.24) is 0 Å². The summed E-state index contributed by atoms with van der Waals surface area (Å²) in [5, 5.41) is 19.7. The first-order chi connectivity index (χ1) is 11.8. The summed E-state index contributed by atoms with van der Waals surface area (Å²) in [5.41, 5.74) is 2.00. The molecule has 0 radical (unpaired) electrons. The van der Waals surface area contributed by atoms with Gasteiger partial charge in [-0.2, -0.15) is 0 Å². The first-order valence-corrected chi connectivity index (χ1v) is 10.4. The molecule has 4 aliphatic carbocycles. The molecule has 2 N–H and O–H groups in total. The maximum absolute atomic E-state index is 11.6. The van der Waals surface area contributed by atoms with E-state index in [0.717, 1.165) is 38.0 Å². The van der Waals surface area contributed by atoms with Crippen molar-refractivity contribution in [3.05, 3.63) is 11.6 Å². The highest BCUT2D eigenvalue weighted by Gasteiger charge is 2.59. The number of carboxylic acids is 1. The third kappa shape index (κ3) is 2.44. The minimum absolute atomic E-state index is 0.142. The van der Waals surface area contributed by atoms with Crippen molar-refractivity contribution in [1.29, 1.82) is 0 Å². The number of aliphatic hydroxyl groups is 1. The van der Waals surface area contributed by atoms with Gasteiger partial charge in [0.15, 0.2) is 0 Å². The highest BCUT2D eigenvalue weighted by molar-refractivity contribution is 5.70. The zero-order chi connectivity index (χ0) is 18.0. The van der Waals surface area contributed by atoms with E-state index < -0.39 is 5.97 Å². The van der Waals surface area contributed by atoms with Gasteiger partial charge in [-0.15, -0.1) is 0 Å². The lowest BCUT2D eigenvalue weighted by Crippen LogP contribution is -2.51. The lowest BCUT2D eigenvalue weighted by atomic mass is 9.47. The van der Waals surface area contributed by atoms with Gasteiger partial charge >= 0.3 is 5.97 Å². The van der Waals surface area contributed by atoms with Crippen molar-refractivity contribution in [3.8, 4) is 0 Å². The molecule has 4 rings (SSSR count). The summed E-state index contributed by atoms with van der Waals surface area (Å²) in [6.45, 7) is 6.78. The van der Waals surface area contributed by atoms with Gasteiger partial charge in [0.1, 0.15) is 0 Å². The highest BCUT2D eigenvalue weighted by Crippen LogP contribution is 2.67. The molecule has 140 valence electrons. The molecule has 0 aromatic heterocycles. The van der Waals surface area contributed by atoms with Gasteiger partial charge in [-0.1, -0.05) is 32.4 Å². The Hall–Kier alpha value is -0.830. The molecule has 0 aliphatic heterocycles. The summed E-state index contributed by atoms with van der Waals surface area (Å²) in [7, 11) is 0. The molecule has 0 saturated heterocycles. The summed E-state index contributed by atoms with van der Waals surface area (Å²) >= 11 is 0. The lowest BCUT2D eigenvalue weighted by Gasteiger charge is -2.58. The quantitative estimate of drug-likeness (QED) is 0.716. The second-order valence-corrected chi connectivity index (χ2v) is 10.0. The number of aliphatic hydroxyl groups excluding tert-OH is 1. The van der Waals surface area contributed by atoms with E-state index >= 15 is 0 Å². The van der Waals surface area contributed by atoms with Crippen LogP contribution in [0.2, 0.25) is 0 Å². The Morgan fingerprint density at radius 2 is 1.92 bits per heavy atom. The standard InChI is InChI=1S/C22H34O3/c1-13(20(24)25)17-6-7-18-16-5-4-14-12-15(23)8-10-21(14,2)19(16)9-11-22(17,18)3/h4,13,15-19,23H,5-12H2,1-3H3,(H,24,25)/t13-,15-,16?,17?,18?,19?,21?,22?/m0/s1. The summed E-state index contributed by atoms with van der Waals surface area (Å²) in [5.74, 6) is 1.63. The van der Waals surface area contributed by atoms with Crippen LogP contribution in [0.1, 0.15) is 72.1 Å². The maximum atomic E-state index is 11.6. The predicted molar refractivity (Wildman–Crippen MR) is 98.0 cm³/mol. The third-order valence-corrected chi connectivity index (χ3v) is 9.14. The van der Waals surface area contributed by atoms with Gasteiger partial charge in [-0.25, -0.2) is 0 Å². The number of rotatable bonds is 2. The smallest absolute Gasteiger partial charge is 0.306 e. The van der Waals surface area contributed by atoms with Crippen LogP contribution >= 0.6 is 0 Å². The second kappa shape index (κ2) is 5.84. The normalized spacial score (nSPS) is 50.2. The van der Waals surface area contributed by atoms with Crippen LogP contribution in [0.4, 0.5) is 0 Å². The molecule has 3 saturated carbocycles. The zero-order valence-corrected chi connectivity index (χ0v) is 16.0. The predicted octanol–water partition coefficient (Wildman–Crippen LogP) is 4.65. The summed E-state index contributed by atoms with van der Waals surface area (Å²) < 4.78 is 0. The molecule has 0 aromatic carbocycles. The van der Waals surface area contributed by atoms with Crippen LogP contribution in [0.3, 0.4) is 0 Å². The zero-order valence-electron chi connectivity index (χ0n) is 16.0. The monoisotopic (exact) mass is 346 g/mol. The second-order valence-electron chi connectivity index (χ2n) is 10.0. The molecular weight excluding hydrogens is 312 g/mol. The summed E-state index contributed by atoms with van der Waals surface area (Å²) in [6, 6.07) is 0. The molecular formula is C22H34O3. The van der Waals surface area contributed by atoms with E-state index in [1.54, 1.807) is 0 Å². The van der Waals surface area contributed by atoms with Gasteiger partial charge in [0, 0.05) is 0 Å². The van der Waals surface area contributed by atoms with Gasteiger partial charge in [0.05, 0.1) is 12.0 Å². The van der Waals surface area contributed by atoms with Crippen molar-refractivity contribution in [2.45, 2.75) is 78.2 Å². The Labute approximate surface area is 151 Å². The van der Waals surface area contributed by atoms with Crippen molar-refractivity contribution in [2.24, 2.45) is 40.4 Å². The fourth-order valence-electron chi connectivity index (χ4n) is 7.68. The Bertz CT molecular complexity index is 596. The highest BCUT2D eigenvalue weighted by atomic mass is 16.4. The van der Waals surface area contributed by atoms with Crippen LogP contribution in [-0.4, -0.2) is 22.3 Å². The first kappa shape index (κ1) is 17.6. The molecule has 0 heterocycles. The van der Waals surface area contributed by atoms with E-state index in [1.165, 1.54) is 24.8 Å². The average Bonchev–Trinajstić information content (AvgIpc) is 2.92. The van der Waals surface area contributed by atoms with E-state index in [0.29, 0.717) is 17.8 Å². The minimum Gasteiger partial charge on any atom is -0.481 e. The van der Waals surface area contributed by atoms with E-state index in [9.17, 15) is 15.0 Å². The Balaban J connectivity index is 1.63. The fraction of sp³-hybridized carbons (Fsp3) is 0.864. The van der Waals surface area contributed by atoms with Gasteiger partial charge in [-0.3, -0.25) is 4.79 Å². The third-order valence-electron chi connectivity index (χ3n) is 9.14. The van der Waals surface area contributed by atoms with Crippen LogP contribution < -0.4 is 0 Å². The topological polar surface area (TPSA) is 57.5 Å². The molecule has 3 fully saturated rings. The molecule has 25 heavy (non-hydrogen) atoms. The molecule has 8 atom stereocenters. The molecule has 0 amide bonds. The summed E-state index contributed by atoms with van der Waals surface area (Å²) in [6.07, 6.45) is 11.1. The molecule has 3 heteroatoms. The number of carbonyl (C=O) groups is 1. The van der Waals surface area contributed by atoms with Gasteiger partial charge in [0.2, 0.25) is 0 Å². The Morgan fingerprint density at radius 1 is 1.16 bits per heavy atom. The van der Waals surface area contributed by atoms with Crippen LogP contribution in [0.25, 0.3) is 0 Å². The van der Waals surface area contributed by atoms with Crippen LogP contribution in [0.5, 0.6) is 0 Å². The van der Waals surface area contributed by atoms with Gasteiger partial charge in [0.25, 0.3) is 0 Å². The molecule has 4 aliphatic rings. The fourth-order valence-corrected chi connectivity index (χ4v) is 7.68. The van der Waals surface area contributed by atoms with Crippen molar-refractivity contribution < 1.29 is 15.0 Å². The first-order valence-electron chi connectivity index (χ1n) is 10.4. The largest absolute Gasteiger partial charge is 0.481 e. The number of hydrogen-bond acceptors (Lipinski definition) is 2. The number of allylic oxidation sites excluding steroid dienone is 1. The average molecular weight is 347 g/mol. The van der Waals surface area contributed by atoms with E-state index in [-0.39, 0.29) is 22.9 Å². The number of aliphatic carboxylic acids is 1. The van der Waals surface area contributed by atoms with Crippen molar-refractivity contribution in [3.63, 3.8) is 0 Å². The van der Waals surface area contributed by atoms with Gasteiger partial charge < -0.3 is 10.2 Å². The Morgan fingerprint density at radius 3 is 2.64 bits per heavy atom. The molecule has 0 spiro atoms. The molecule has 0 bridgehead atoms. The SMILES string of the molecule is C[C@H](C(=O)O)C1CCC2C3CC=C4C[C@@H](O)CCC4(C)C3CCC21C. The molecule has 0 aromatic rings. The summed E-state index contributed by atoms with van der Waals surface area (Å²) in [4.78, 5) is 11.6. The van der Waals surface area contributed by atoms with Gasteiger partial charge in [-0.05, 0) is 85.9 Å². The molecule has 3 nitrogen and oxygen atoms in total. The minimum atomic E-state index is -0.618. The number of fused-ring (bicyclic) bond motifs is 5. The molecule has 6 unspecified atom stereocenters. The van der Waals surface area contributed by atoms with Crippen molar-refractivity contribution in [2.75, 3.05) is 0 Å².